The highest BCUT2D eigenvalue weighted by Crippen LogP contribution is 2.35. The van der Waals surface area contributed by atoms with Crippen LogP contribution in [0, 0.1) is 0 Å². The van der Waals surface area contributed by atoms with E-state index >= 15 is 0 Å². The lowest BCUT2D eigenvalue weighted by atomic mass is 10.0. The lowest BCUT2D eigenvalue weighted by Gasteiger charge is -2.21. The molecule has 1 aliphatic heterocycles. The molecule has 0 atom stereocenters. The normalized spacial score (nSPS) is 13.8. The number of likely N-dealkylation sites (N-methyl/N-ethyl adjacent to an activating group) is 1. The molecule has 1 aliphatic rings. The number of anilines is 1. The van der Waals surface area contributed by atoms with Gasteiger partial charge in [-0.05, 0) is 47.4 Å². The van der Waals surface area contributed by atoms with Crippen molar-refractivity contribution in [1.29, 1.82) is 0 Å². The number of rotatable bonds is 6. The van der Waals surface area contributed by atoms with Gasteiger partial charge in [0.1, 0.15) is 5.70 Å². The molecular formula is C26H23ClN2O2. The summed E-state index contributed by atoms with van der Waals surface area (Å²) in [7, 11) is 1.84. The van der Waals surface area contributed by atoms with Gasteiger partial charge in [0.05, 0.1) is 11.3 Å². The number of hydrogen-bond acceptors (Lipinski definition) is 3. The summed E-state index contributed by atoms with van der Waals surface area (Å²) in [5, 5.41) is 0.576. The van der Waals surface area contributed by atoms with Gasteiger partial charge < -0.3 is 4.90 Å². The summed E-state index contributed by atoms with van der Waals surface area (Å²) in [6, 6.07) is 24.4. The number of halogens is 1. The van der Waals surface area contributed by atoms with E-state index in [2.05, 4.69) is 6.92 Å². The number of carbonyl (C=O) groups excluding carboxylic acids is 2. The molecule has 0 spiro atoms. The van der Waals surface area contributed by atoms with Crippen molar-refractivity contribution in [3.05, 3.63) is 106 Å². The molecule has 3 aromatic carbocycles. The average molecular weight is 431 g/mol. The number of nitrogens with zero attached hydrogens (tertiary/aromatic N) is 2. The average Bonchev–Trinajstić information content (AvgIpc) is 3.05. The molecule has 0 N–H and O–H groups in total. The van der Waals surface area contributed by atoms with Crippen molar-refractivity contribution in [3.63, 3.8) is 0 Å². The fourth-order valence-electron chi connectivity index (χ4n) is 3.80. The van der Waals surface area contributed by atoms with Gasteiger partial charge in [0.15, 0.2) is 0 Å². The van der Waals surface area contributed by atoms with Crippen LogP contribution in [0.25, 0.3) is 5.57 Å². The molecule has 156 valence electrons. The molecule has 3 aromatic rings. The predicted molar refractivity (Wildman–Crippen MR) is 125 cm³/mol. The first kappa shape index (κ1) is 20.9. The molecule has 0 aliphatic carbocycles. The van der Waals surface area contributed by atoms with E-state index in [4.69, 9.17) is 11.6 Å². The Labute approximate surface area is 187 Å². The maximum Gasteiger partial charge on any atom is 0.282 e. The number of benzene rings is 3. The molecule has 2 amide bonds. The highest BCUT2D eigenvalue weighted by Gasteiger charge is 2.41. The van der Waals surface area contributed by atoms with Crippen molar-refractivity contribution in [2.75, 3.05) is 11.9 Å². The Morgan fingerprint density at radius 1 is 0.806 bits per heavy atom. The molecule has 4 rings (SSSR count). The Bertz CT molecular complexity index is 1140. The lowest BCUT2D eigenvalue weighted by molar-refractivity contribution is -0.120. The van der Waals surface area contributed by atoms with Crippen LogP contribution in [-0.2, 0) is 22.6 Å². The highest BCUT2D eigenvalue weighted by molar-refractivity contribution is 6.45. The number of carbonyl (C=O) groups is 2. The number of hydrogen-bond donors (Lipinski definition) is 0. The molecule has 1 heterocycles. The van der Waals surface area contributed by atoms with Gasteiger partial charge >= 0.3 is 0 Å². The SMILES string of the molecule is CCc1ccc(N2C(=O)C(c3ccc(Cl)cc3)=C(N(C)Cc3ccccc3)C2=O)cc1. The molecular weight excluding hydrogens is 408 g/mol. The van der Waals surface area contributed by atoms with Gasteiger partial charge in [0, 0.05) is 18.6 Å². The maximum atomic E-state index is 13.5. The molecule has 0 radical (unpaired) electrons. The summed E-state index contributed by atoms with van der Waals surface area (Å²) in [5.41, 5.74) is 4.22. The first-order valence-corrected chi connectivity index (χ1v) is 10.6. The third kappa shape index (κ3) is 4.12. The summed E-state index contributed by atoms with van der Waals surface area (Å²) in [6.45, 7) is 2.58. The Morgan fingerprint density at radius 2 is 1.45 bits per heavy atom. The second kappa shape index (κ2) is 8.78. The van der Waals surface area contributed by atoms with E-state index < -0.39 is 0 Å². The summed E-state index contributed by atoms with van der Waals surface area (Å²) in [5.74, 6) is -0.649. The molecule has 0 aromatic heterocycles. The minimum Gasteiger partial charge on any atom is -0.365 e. The quantitative estimate of drug-likeness (QED) is 0.497. The second-order valence-corrected chi connectivity index (χ2v) is 7.97. The van der Waals surface area contributed by atoms with Gasteiger partial charge in [0.2, 0.25) is 0 Å². The molecule has 0 fully saturated rings. The zero-order valence-corrected chi connectivity index (χ0v) is 18.3. The molecule has 0 bridgehead atoms. The largest absolute Gasteiger partial charge is 0.365 e. The van der Waals surface area contributed by atoms with Crippen LogP contribution in [0.3, 0.4) is 0 Å². The van der Waals surface area contributed by atoms with Crippen molar-refractivity contribution in [1.82, 2.24) is 4.90 Å². The van der Waals surface area contributed by atoms with Crippen molar-refractivity contribution in [3.8, 4) is 0 Å². The summed E-state index contributed by atoms with van der Waals surface area (Å²) in [4.78, 5) is 30.2. The Morgan fingerprint density at radius 3 is 2.06 bits per heavy atom. The Hall–Kier alpha value is -3.37. The summed E-state index contributed by atoms with van der Waals surface area (Å²) >= 11 is 6.05. The van der Waals surface area contributed by atoms with Crippen molar-refractivity contribution < 1.29 is 9.59 Å². The smallest absolute Gasteiger partial charge is 0.282 e. The fraction of sp³-hybridized carbons (Fsp3) is 0.154. The molecule has 0 saturated carbocycles. The highest BCUT2D eigenvalue weighted by atomic mass is 35.5. The third-order valence-electron chi connectivity index (χ3n) is 5.44. The van der Waals surface area contributed by atoms with Crippen molar-refractivity contribution >= 4 is 34.7 Å². The monoisotopic (exact) mass is 430 g/mol. The first-order valence-electron chi connectivity index (χ1n) is 10.2. The molecule has 0 saturated heterocycles. The fourth-order valence-corrected chi connectivity index (χ4v) is 3.93. The Kier molecular flexibility index (Phi) is 5.92. The van der Waals surface area contributed by atoms with E-state index in [-0.39, 0.29) is 11.8 Å². The molecule has 5 heteroatoms. The van der Waals surface area contributed by atoms with Gasteiger partial charge in [-0.2, -0.15) is 0 Å². The van der Waals surface area contributed by atoms with E-state index in [1.165, 1.54) is 4.90 Å². The van der Waals surface area contributed by atoms with E-state index in [0.717, 1.165) is 17.5 Å². The van der Waals surface area contributed by atoms with E-state index in [0.29, 0.717) is 34.1 Å². The van der Waals surface area contributed by atoms with E-state index in [1.807, 2.05) is 66.5 Å². The van der Waals surface area contributed by atoms with Gasteiger partial charge in [0.25, 0.3) is 11.8 Å². The van der Waals surface area contributed by atoms with Gasteiger partial charge in [-0.3, -0.25) is 9.59 Å². The van der Waals surface area contributed by atoms with Gasteiger partial charge in [-0.15, -0.1) is 0 Å². The Balaban J connectivity index is 1.77. The molecule has 0 unspecified atom stereocenters. The maximum absolute atomic E-state index is 13.5. The van der Waals surface area contributed by atoms with Crippen molar-refractivity contribution in [2.45, 2.75) is 19.9 Å². The number of aryl methyl sites for hydroxylation is 1. The standard InChI is InChI=1S/C26H23ClN2O2/c1-3-18-9-15-22(16-10-18)29-25(30)23(20-11-13-21(27)14-12-20)24(26(29)31)28(2)17-19-7-5-4-6-8-19/h4-16H,3,17H2,1-2H3. The summed E-state index contributed by atoms with van der Waals surface area (Å²) in [6.07, 6.45) is 0.890. The minimum atomic E-state index is -0.327. The number of imide groups is 1. The van der Waals surface area contributed by atoms with Crippen LogP contribution >= 0.6 is 11.6 Å². The summed E-state index contributed by atoms with van der Waals surface area (Å²) < 4.78 is 0. The van der Waals surface area contributed by atoms with Crippen LogP contribution in [-0.4, -0.2) is 23.8 Å². The molecule has 31 heavy (non-hydrogen) atoms. The topological polar surface area (TPSA) is 40.6 Å². The lowest BCUT2D eigenvalue weighted by Crippen LogP contribution is -2.34. The van der Waals surface area contributed by atoms with Crippen LogP contribution in [0.4, 0.5) is 5.69 Å². The van der Waals surface area contributed by atoms with Crippen LogP contribution in [0.15, 0.2) is 84.6 Å². The van der Waals surface area contributed by atoms with Gasteiger partial charge in [-0.25, -0.2) is 4.90 Å². The van der Waals surface area contributed by atoms with Gasteiger partial charge in [-0.1, -0.05) is 73.1 Å². The van der Waals surface area contributed by atoms with Crippen LogP contribution in [0.1, 0.15) is 23.6 Å². The zero-order chi connectivity index (χ0) is 22.0. The zero-order valence-electron chi connectivity index (χ0n) is 17.5. The predicted octanol–water partition coefficient (Wildman–Crippen LogP) is 5.32. The first-order chi connectivity index (χ1) is 15.0. The van der Waals surface area contributed by atoms with Crippen LogP contribution in [0.2, 0.25) is 5.02 Å². The molecule has 4 nitrogen and oxygen atoms in total. The minimum absolute atomic E-state index is 0.322. The number of amides is 2. The second-order valence-electron chi connectivity index (χ2n) is 7.54. The van der Waals surface area contributed by atoms with Crippen LogP contribution < -0.4 is 4.90 Å². The third-order valence-corrected chi connectivity index (χ3v) is 5.69. The van der Waals surface area contributed by atoms with Crippen LogP contribution in [0.5, 0.6) is 0 Å². The van der Waals surface area contributed by atoms with E-state index in [1.54, 1.807) is 24.3 Å². The van der Waals surface area contributed by atoms with Crippen molar-refractivity contribution in [2.24, 2.45) is 0 Å². The van der Waals surface area contributed by atoms with E-state index in [9.17, 15) is 9.59 Å².